The number of ether oxygens (including phenoxy) is 1. The van der Waals surface area contributed by atoms with Gasteiger partial charge in [0.2, 0.25) is 0 Å². The molecule has 3 aromatic rings. The molecule has 1 heterocycles. The molecule has 2 N–H and O–H groups in total. The van der Waals surface area contributed by atoms with Gasteiger partial charge in [0, 0.05) is 5.56 Å². The van der Waals surface area contributed by atoms with Crippen LogP contribution in [0.4, 0.5) is 5.82 Å². The van der Waals surface area contributed by atoms with E-state index in [0.29, 0.717) is 11.5 Å². The van der Waals surface area contributed by atoms with Gasteiger partial charge in [0.15, 0.2) is 5.82 Å². The number of nitrogen functional groups attached to an aromatic ring is 1. The lowest BCUT2D eigenvalue weighted by Gasteiger charge is -2.08. The molecular formula is C17H18N4O. The Morgan fingerprint density at radius 3 is 2.45 bits per heavy atom. The molecular weight excluding hydrogens is 276 g/mol. The van der Waals surface area contributed by atoms with Gasteiger partial charge in [0.25, 0.3) is 0 Å². The van der Waals surface area contributed by atoms with Gasteiger partial charge in [-0.1, -0.05) is 17.3 Å². The van der Waals surface area contributed by atoms with E-state index in [0.717, 1.165) is 28.1 Å². The highest BCUT2D eigenvalue weighted by molar-refractivity contribution is 5.71. The van der Waals surface area contributed by atoms with Gasteiger partial charge in [-0.15, -0.1) is 5.10 Å². The first-order chi connectivity index (χ1) is 10.6. The average Bonchev–Trinajstić information content (AvgIpc) is 2.91. The van der Waals surface area contributed by atoms with Gasteiger partial charge >= 0.3 is 0 Å². The number of nitrogens with two attached hydrogens (primary N) is 1. The first-order valence-electron chi connectivity index (χ1n) is 7.03. The summed E-state index contributed by atoms with van der Waals surface area (Å²) >= 11 is 0. The molecule has 0 unspecified atom stereocenters. The molecule has 5 nitrogen and oxygen atoms in total. The lowest BCUT2D eigenvalue weighted by molar-refractivity contribution is 0.415. The van der Waals surface area contributed by atoms with Gasteiger partial charge in [-0.3, -0.25) is 0 Å². The summed E-state index contributed by atoms with van der Waals surface area (Å²) in [7, 11) is 1.64. The third kappa shape index (κ3) is 2.41. The number of hydrogen-bond donors (Lipinski definition) is 1. The summed E-state index contributed by atoms with van der Waals surface area (Å²) in [6.45, 7) is 4.07. The van der Waals surface area contributed by atoms with Crippen LogP contribution in [0.3, 0.4) is 0 Å². The van der Waals surface area contributed by atoms with E-state index in [2.05, 4.69) is 28.5 Å². The second-order valence-electron chi connectivity index (χ2n) is 5.25. The molecule has 2 aromatic carbocycles. The Bertz CT molecular complexity index is 806. The molecule has 0 saturated heterocycles. The molecule has 0 aliphatic carbocycles. The zero-order valence-corrected chi connectivity index (χ0v) is 12.9. The number of anilines is 1. The van der Waals surface area contributed by atoms with Crippen molar-refractivity contribution in [1.29, 1.82) is 0 Å². The summed E-state index contributed by atoms with van der Waals surface area (Å²) in [4.78, 5) is 0. The van der Waals surface area contributed by atoms with Crippen molar-refractivity contribution in [3.63, 3.8) is 0 Å². The first kappa shape index (κ1) is 14.1. The number of hydrogen-bond acceptors (Lipinski definition) is 4. The first-order valence-corrected chi connectivity index (χ1v) is 7.03. The summed E-state index contributed by atoms with van der Waals surface area (Å²) in [5.41, 5.74) is 11.0. The normalized spacial score (nSPS) is 10.7. The third-order valence-electron chi connectivity index (χ3n) is 3.66. The van der Waals surface area contributed by atoms with Gasteiger partial charge in [0.05, 0.1) is 12.8 Å². The fraction of sp³-hybridized carbons (Fsp3) is 0.176. The molecule has 1 aromatic heterocycles. The molecule has 0 fully saturated rings. The standard InChI is InChI=1S/C17H18N4O/c1-11-4-5-12(2)15(10-11)21-17(18)16(19-20-21)13-6-8-14(22-3)9-7-13/h4-10H,18H2,1-3H3. The number of nitrogens with zero attached hydrogens (tertiary/aromatic N) is 3. The van der Waals surface area contributed by atoms with Crippen molar-refractivity contribution in [2.24, 2.45) is 0 Å². The number of aromatic nitrogens is 3. The van der Waals surface area contributed by atoms with Gasteiger partial charge in [-0.05, 0) is 55.3 Å². The van der Waals surface area contributed by atoms with Gasteiger partial charge in [-0.25, -0.2) is 0 Å². The smallest absolute Gasteiger partial charge is 0.155 e. The Kier molecular flexibility index (Phi) is 3.55. The number of rotatable bonds is 3. The molecule has 0 radical (unpaired) electrons. The van der Waals surface area contributed by atoms with Crippen LogP contribution in [0, 0.1) is 13.8 Å². The lowest BCUT2D eigenvalue weighted by atomic mass is 10.1. The molecule has 0 bridgehead atoms. The highest BCUT2D eigenvalue weighted by Crippen LogP contribution is 2.28. The van der Waals surface area contributed by atoms with Crippen LogP contribution in [0.1, 0.15) is 11.1 Å². The Balaban J connectivity index is 2.06. The Morgan fingerprint density at radius 2 is 1.77 bits per heavy atom. The Labute approximate surface area is 129 Å². The van der Waals surface area contributed by atoms with Crippen LogP contribution in [-0.4, -0.2) is 22.1 Å². The second kappa shape index (κ2) is 5.52. The molecule has 0 spiro atoms. The van der Waals surface area contributed by atoms with E-state index < -0.39 is 0 Å². The Hall–Kier alpha value is -2.82. The molecule has 0 aliphatic heterocycles. The lowest BCUT2D eigenvalue weighted by Crippen LogP contribution is -2.04. The monoisotopic (exact) mass is 294 g/mol. The van der Waals surface area contributed by atoms with Crippen molar-refractivity contribution in [3.8, 4) is 22.7 Å². The predicted molar refractivity (Wildman–Crippen MR) is 87.2 cm³/mol. The second-order valence-corrected chi connectivity index (χ2v) is 5.25. The van der Waals surface area contributed by atoms with Crippen LogP contribution in [0.15, 0.2) is 42.5 Å². The van der Waals surface area contributed by atoms with Crippen molar-refractivity contribution < 1.29 is 4.74 Å². The molecule has 0 amide bonds. The maximum absolute atomic E-state index is 6.26. The fourth-order valence-corrected chi connectivity index (χ4v) is 2.37. The van der Waals surface area contributed by atoms with Crippen LogP contribution in [-0.2, 0) is 0 Å². The summed E-state index contributed by atoms with van der Waals surface area (Å²) in [6, 6.07) is 13.8. The summed E-state index contributed by atoms with van der Waals surface area (Å²) in [5.74, 6) is 1.32. The van der Waals surface area contributed by atoms with Gasteiger partial charge in [-0.2, -0.15) is 4.68 Å². The summed E-state index contributed by atoms with van der Waals surface area (Å²) < 4.78 is 6.85. The van der Waals surface area contributed by atoms with Crippen molar-refractivity contribution in [2.45, 2.75) is 13.8 Å². The van der Waals surface area contributed by atoms with E-state index in [-0.39, 0.29) is 0 Å². The molecule has 112 valence electrons. The number of aryl methyl sites for hydroxylation is 2. The van der Waals surface area contributed by atoms with E-state index in [4.69, 9.17) is 10.5 Å². The van der Waals surface area contributed by atoms with E-state index in [1.807, 2.05) is 38.1 Å². The molecule has 0 aliphatic rings. The zero-order chi connectivity index (χ0) is 15.7. The van der Waals surface area contributed by atoms with Crippen molar-refractivity contribution in [3.05, 3.63) is 53.6 Å². The van der Waals surface area contributed by atoms with Crippen molar-refractivity contribution in [2.75, 3.05) is 12.8 Å². The minimum atomic E-state index is 0.527. The zero-order valence-electron chi connectivity index (χ0n) is 12.9. The SMILES string of the molecule is COc1ccc(-c2nnn(-c3cc(C)ccc3C)c2N)cc1. The third-order valence-corrected chi connectivity index (χ3v) is 3.66. The maximum Gasteiger partial charge on any atom is 0.155 e. The molecule has 0 saturated carbocycles. The summed E-state index contributed by atoms with van der Waals surface area (Å²) in [5, 5.41) is 8.45. The number of benzene rings is 2. The number of methoxy groups -OCH3 is 1. The largest absolute Gasteiger partial charge is 0.497 e. The van der Waals surface area contributed by atoms with E-state index in [1.165, 1.54) is 0 Å². The topological polar surface area (TPSA) is 66.0 Å². The maximum atomic E-state index is 6.26. The van der Waals surface area contributed by atoms with Crippen LogP contribution >= 0.6 is 0 Å². The molecule has 22 heavy (non-hydrogen) atoms. The highest BCUT2D eigenvalue weighted by Gasteiger charge is 2.14. The average molecular weight is 294 g/mol. The van der Waals surface area contributed by atoms with Crippen molar-refractivity contribution >= 4 is 5.82 Å². The van der Waals surface area contributed by atoms with E-state index in [9.17, 15) is 0 Å². The van der Waals surface area contributed by atoms with Crippen LogP contribution < -0.4 is 10.5 Å². The minimum Gasteiger partial charge on any atom is -0.497 e. The van der Waals surface area contributed by atoms with Gasteiger partial charge in [0.1, 0.15) is 11.4 Å². The molecule has 3 rings (SSSR count). The van der Waals surface area contributed by atoms with Crippen molar-refractivity contribution in [1.82, 2.24) is 15.0 Å². The van der Waals surface area contributed by atoms with E-state index in [1.54, 1.807) is 11.8 Å². The highest BCUT2D eigenvalue weighted by atomic mass is 16.5. The van der Waals surface area contributed by atoms with Crippen LogP contribution in [0.25, 0.3) is 16.9 Å². The summed E-state index contributed by atoms with van der Waals surface area (Å²) in [6.07, 6.45) is 0. The Morgan fingerprint density at radius 1 is 1.05 bits per heavy atom. The minimum absolute atomic E-state index is 0.527. The predicted octanol–water partition coefficient (Wildman–Crippen LogP) is 3.14. The van der Waals surface area contributed by atoms with Gasteiger partial charge < -0.3 is 10.5 Å². The van der Waals surface area contributed by atoms with Crippen LogP contribution in [0.2, 0.25) is 0 Å². The van der Waals surface area contributed by atoms with Crippen LogP contribution in [0.5, 0.6) is 5.75 Å². The quantitative estimate of drug-likeness (QED) is 0.806. The molecule has 5 heteroatoms. The molecule has 0 atom stereocenters. The van der Waals surface area contributed by atoms with E-state index >= 15 is 0 Å². The fourth-order valence-electron chi connectivity index (χ4n) is 2.37.